The fraction of sp³-hybridized carbons (Fsp3) is 0.875. The van der Waals surface area contributed by atoms with Crippen LogP contribution in [0.2, 0.25) is 0 Å². The smallest absolute Gasteiger partial charge is 0.464 e. The van der Waals surface area contributed by atoms with Crippen LogP contribution in [0.1, 0.15) is 55.4 Å². The van der Waals surface area contributed by atoms with Gasteiger partial charge >= 0.3 is 46.5 Å². The van der Waals surface area contributed by atoms with E-state index in [-0.39, 0.29) is 56.9 Å². The molecule has 176 valence electrons. The van der Waals surface area contributed by atoms with Crippen molar-refractivity contribution in [2.75, 3.05) is 13.1 Å². The van der Waals surface area contributed by atoms with E-state index in [1.54, 1.807) is 41.5 Å². The third kappa shape index (κ3) is 33.2. The minimum Gasteiger partial charge on any atom is -0.464 e. The van der Waals surface area contributed by atoms with Crippen molar-refractivity contribution in [3.8, 4) is 0 Å². The van der Waals surface area contributed by atoms with Gasteiger partial charge in [0.25, 0.3) is 0 Å². The molecule has 0 aromatic rings. The summed E-state index contributed by atoms with van der Waals surface area (Å²) in [6, 6.07) is 0. The van der Waals surface area contributed by atoms with Crippen molar-refractivity contribution in [2.24, 2.45) is 9.98 Å². The first-order valence-electron chi connectivity index (χ1n) is 7.82. The Balaban J connectivity index is -0.000000192. The van der Waals surface area contributed by atoms with Gasteiger partial charge in [-0.3, -0.25) is 0 Å². The minimum absolute atomic E-state index is 0. The molecule has 0 heterocycles. The summed E-state index contributed by atoms with van der Waals surface area (Å²) in [5.74, 6) is 0.370. The first-order chi connectivity index (χ1) is 11.2. The number of alkyl halides is 6. The molecule has 0 aliphatic heterocycles. The predicted octanol–water partition coefficient (Wildman–Crippen LogP) is 6.27. The molecular weight excluding hydrogens is 489 g/mol. The van der Waals surface area contributed by atoms with Gasteiger partial charge in [-0.1, -0.05) is 53.2 Å². The molecule has 0 saturated carbocycles. The SMILES string of the molecule is CC(=NC(C)(C)C)[N-]CC(F)(F)F.CC(=NC(C)(C)C)[N-]CC(F)(F)F.[Cu+].[Cu+]. The Morgan fingerprint density at radius 3 is 0.964 bits per heavy atom. The normalized spacial score (nSPS) is 13.5. The Kier molecular flexibility index (Phi) is 17.2. The van der Waals surface area contributed by atoms with Crippen LogP contribution in [0.5, 0.6) is 0 Å². The van der Waals surface area contributed by atoms with Gasteiger partial charge in [-0.2, -0.15) is 26.3 Å². The zero-order valence-corrected chi connectivity index (χ0v) is 19.0. The molecule has 0 aliphatic rings. The summed E-state index contributed by atoms with van der Waals surface area (Å²) in [6.07, 6.45) is -8.48. The summed E-state index contributed by atoms with van der Waals surface area (Å²) >= 11 is 0. The molecule has 0 aliphatic carbocycles. The van der Waals surface area contributed by atoms with E-state index in [0.29, 0.717) is 0 Å². The Hall–Kier alpha value is -0.441. The van der Waals surface area contributed by atoms with Crippen molar-refractivity contribution in [3.05, 3.63) is 10.6 Å². The Bertz CT molecular complexity index is 431. The summed E-state index contributed by atoms with van der Waals surface area (Å²) in [5, 5.41) is 6.61. The average Bonchev–Trinajstić information content (AvgIpc) is 2.29. The van der Waals surface area contributed by atoms with Crippen molar-refractivity contribution < 1.29 is 60.5 Å². The van der Waals surface area contributed by atoms with Gasteiger partial charge in [0.1, 0.15) is 0 Å². The predicted molar refractivity (Wildman–Crippen MR) is 94.3 cm³/mol. The number of rotatable bonds is 2. The molecule has 0 bridgehead atoms. The molecule has 0 spiro atoms. The van der Waals surface area contributed by atoms with Crippen molar-refractivity contribution in [2.45, 2.75) is 78.8 Å². The van der Waals surface area contributed by atoms with E-state index in [9.17, 15) is 26.3 Å². The zero-order chi connectivity index (χ0) is 21.4. The van der Waals surface area contributed by atoms with Gasteiger partial charge in [0.15, 0.2) is 0 Å². The second-order valence-corrected chi connectivity index (χ2v) is 7.52. The van der Waals surface area contributed by atoms with Gasteiger partial charge in [0, 0.05) is 13.1 Å². The Morgan fingerprint density at radius 2 is 0.821 bits per heavy atom. The third-order valence-corrected chi connectivity index (χ3v) is 1.97. The quantitative estimate of drug-likeness (QED) is 0.179. The van der Waals surface area contributed by atoms with Gasteiger partial charge < -0.3 is 20.6 Å². The molecule has 4 nitrogen and oxygen atoms in total. The number of amidine groups is 2. The van der Waals surface area contributed by atoms with E-state index in [4.69, 9.17) is 0 Å². The molecule has 0 aromatic carbocycles. The van der Waals surface area contributed by atoms with E-state index < -0.39 is 25.4 Å². The molecular formula is C16H28Cu2F6N4. The maximum atomic E-state index is 11.7. The largest absolute Gasteiger partial charge is 1.00 e. The maximum absolute atomic E-state index is 11.7. The van der Waals surface area contributed by atoms with Crippen LogP contribution in [0.15, 0.2) is 9.98 Å². The van der Waals surface area contributed by atoms with E-state index in [2.05, 4.69) is 20.6 Å². The van der Waals surface area contributed by atoms with Gasteiger partial charge in [-0.25, -0.2) is 0 Å². The first-order valence-corrected chi connectivity index (χ1v) is 7.82. The van der Waals surface area contributed by atoms with Crippen LogP contribution in [-0.4, -0.2) is 48.2 Å². The fourth-order valence-corrected chi connectivity index (χ4v) is 1.45. The summed E-state index contributed by atoms with van der Waals surface area (Å²) in [4.78, 5) is 7.92. The number of halogens is 6. The number of aliphatic imine (C=N–C) groups is 2. The molecule has 0 rings (SSSR count). The van der Waals surface area contributed by atoms with Crippen LogP contribution in [0.4, 0.5) is 26.3 Å². The van der Waals surface area contributed by atoms with Crippen LogP contribution in [-0.2, 0) is 34.1 Å². The van der Waals surface area contributed by atoms with Crippen LogP contribution < -0.4 is 0 Å². The molecule has 0 radical (unpaired) electrons. The maximum Gasteiger partial charge on any atom is 1.00 e. The van der Waals surface area contributed by atoms with Gasteiger partial charge in [0.2, 0.25) is 0 Å². The van der Waals surface area contributed by atoms with Crippen LogP contribution >= 0.6 is 0 Å². The van der Waals surface area contributed by atoms with E-state index >= 15 is 0 Å². The molecule has 0 N–H and O–H groups in total. The summed E-state index contributed by atoms with van der Waals surface area (Å²) in [6.45, 7) is 11.5. The topological polar surface area (TPSA) is 52.9 Å². The third-order valence-electron chi connectivity index (χ3n) is 1.97. The number of nitrogens with zero attached hydrogens (tertiary/aromatic N) is 4. The molecule has 12 heteroatoms. The molecule has 0 amide bonds. The van der Waals surface area contributed by atoms with Crippen LogP contribution in [0, 0.1) is 0 Å². The van der Waals surface area contributed by atoms with Gasteiger partial charge in [-0.15, -0.1) is 0 Å². The summed E-state index contributed by atoms with van der Waals surface area (Å²) in [5.41, 5.74) is -0.752. The number of hydrogen-bond acceptors (Lipinski definition) is 2. The average molecular weight is 518 g/mol. The second-order valence-electron chi connectivity index (χ2n) is 7.52. The zero-order valence-electron chi connectivity index (χ0n) is 17.1. The molecule has 0 fully saturated rings. The van der Waals surface area contributed by atoms with Crippen molar-refractivity contribution in [1.82, 2.24) is 0 Å². The molecule has 0 saturated heterocycles. The number of hydrogen-bond donors (Lipinski definition) is 0. The van der Waals surface area contributed by atoms with Crippen molar-refractivity contribution >= 4 is 11.7 Å². The van der Waals surface area contributed by atoms with E-state index in [0.717, 1.165) is 0 Å². The molecule has 0 unspecified atom stereocenters. The van der Waals surface area contributed by atoms with Gasteiger partial charge in [-0.05, 0) is 24.9 Å². The first kappa shape index (κ1) is 35.0. The fourth-order valence-electron chi connectivity index (χ4n) is 1.45. The summed E-state index contributed by atoms with van der Waals surface area (Å²) < 4.78 is 70.2. The Morgan fingerprint density at radius 1 is 0.607 bits per heavy atom. The standard InChI is InChI=1S/2C8H14F3N2.2Cu/c2*1-6(13-7(2,3)4)12-5-8(9,10)11;;/h2*5H2,1-4H3;;/q2*-1;2*+1. The molecule has 28 heavy (non-hydrogen) atoms. The second kappa shape index (κ2) is 13.7. The van der Waals surface area contributed by atoms with Crippen LogP contribution in [0.25, 0.3) is 10.6 Å². The summed E-state index contributed by atoms with van der Waals surface area (Å²) in [7, 11) is 0. The Labute approximate surface area is 184 Å². The van der Waals surface area contributed by atoms with Crippen molar-refractivity contribution in [3.63, 3.8) is 0 Å². The van der Waals surface area contributed by atoms with Gasteiger partial charge in [0.05, 0.1) is 0 Å². The molecule has 0 aromatic heterocycles. The van der Waals surface area contributed by atoms with E-state index in [1.165, 1.54) is 13.8 Å². The minimum atomic E-state index is -4.24. The monoisotopic (exact) mass is 516 g/mol. The molecule has 0 atom stereocenters. The van der Waals surface area contributed by atoms with E-state index in [1.807, 2.05) is 0 Å². The van der Waals surface area contributed by atoms with Crippen molar-refractivity contribution in [1.29, 1.82) is 0 Å². The van der Waals surface area contributed by atoms with Crippen LogP contribution in [0.3, 0.4) is 0 Å².